The van der Waals surface area contributed by atoms with Crippen molar-refractivity contribution in [3.8, 4) is 11.3 Å². The lowest BCUT2D eigenvalue weighted by Crippen LogP contribution is -2.36. The molecule has 0 spiro atoms. The van der Waals surface area contributed by atoms with Crippen LogP contribution < -0.4 is 5.73 Å². The number of ether oxygens (including phenoxy) is 2. The second-order valence-electron chi connectivity index (χ2n) is 9.07. The molecule has 1 aromatic carbocycles. The largest absolute Gasteiger partial charge is 0.381 e. The first-order chi connectivity index (χ1) is 16.5. The van der Waals surface area contributed by atoms with Crippen LogP contribution in [0.2, 0.25) is 0 Å². The van der Waals surface area contributed by atoms with Gasteiger partial charge in [0.1, 0.15) is 5.69 Å². The molecule has 3 aromatic rings. The number of fused-ring (bicyclic) bond motifs is 1. The first-order valence-electron chi connectivity index (χ1n) is 12.1. The van der Waals surface area contributed by atoms with E-state index < -0.39 is 5.82 Å². The summed E-state index contributed by atoms with van der Waals surface area (Å²) in [5.74, 6) is -0.131. The lowest BCUT2D eigenvalue weighted by Gasteiger charge is -2.28. The molecule has 8 heteroatoms. The Labute approximate surface area is 200 Å². The van der Waals surface area contributed by atoms with Gasteiger partial charge in [0, 0.05) is 50.0 Å². The third kappa shape index (κ3) is 6.05. The fraction of sp³-hybridized carbons (Fsp3) is 0.500. The average molecular weight is 468 g/mol. The van der Waals surface area contributed by atoms with E-state index >= 15 is 0 Å². The summed E-state index contributed by atoms with van der Waals surface area (Å²) in [7, 11) is 0. The van der Waals surface area contributed by atoms with Gasteiger partial charge in [0.2, 0.25) is 5.95 Å². The van der Waals surface area contributed by atoms with Crippen LogP contribution in [0.4, 0.5) is 10.3 Å². The van der Waals surface area contributed by atoms with Gasteiger partial charge in [0.15, 0.2) is 5.82 Å². The Bertz CT molecular complexity index is 1090. The highest BCUT2D eigenvalue weighted by atomic mass is 19.1. The molecule has 0 amide bonds. The Kier molecular flexibility index (Phi) is 8.37. The molecule has 0 unspecified atom stereocenters. The number of morpholine rings is 1. The molecule has 7 nitrogen and oxygen atoms in total. The third-order valence-corrected chi connectivity index (χ3v) is 6.18. The van der Waals surface area contributed by atoms with Crippen LogP contribution in [-0.4, -0.2) is 59.4 Å². The van der Waals surface area contributed by atoms with Gasteiger partial charge in [-0.1, -0.05) is 19.9 Å². The number of aromatic nitrogens is 3. The van der Waals surface area contributed by atoms with Crippen LogP contribution in [0.25, 0.3) is 22.2 Å². The molecule has 5 rings (SSSR count). The van der Waals surface area contributed by atoms with E-state index in [2.05, 4.69) is 33.7 Å². The summed E-state index contributed by atoms with van der Waals surface area (Å²) in [4.78, 5) is 14.8. The van der Waals surface area contributed by atoms with Crippen molar-refractivity contribution in [2.75, 3.05) is 45.3 Å². The quantitative estimate of drug-likeness (QED) is 0.602. The van der Waals surface area contributed by atoms with Crippen LogP contribution in [0.15, 0.2) is 30.6 Å². The maximum atomic E-state index is 14.3. The fourth-order valence-corrected chi connectivity index (χ4v) is 4.48. The van der Waals surface area contributed by atoms with E-state index in [1.165, 1.54) is 30.4 Å². The van der Waals surface area contributed by atoms with Crippen LogP contribution in [0.5, 0.6) is 0 Å². The van der Waals surface area contributed by atoms with E-state index in [1.54, 1.807) is 0 Å². The van der Waals surface area contributed by atoms with E-state index in [0.29, 0.717) is 11.5 Å². The summed E-state index contributed by atoms with van der Waals surface area (Å²) in [6.07, 6.45) is 7.01. The molecule has 0 radical (unpaired) electrons. The van der Waals surface area contributed by atoms with Gasteiger partial charge in [-0.3, -0.25) is 9.88 Å². The zero-order chi connectivity index (χ0) is 23.9. The molecular weight excluding hydrogens is 433 g/mol. The van der Waals surface area contributed by atoms with Crippen LogP contribution in [-0.2, 0) is 16.0 Å². The number of hydrogen-bond acceptors (Lipinski definition) is 7. The second-order valence-corrected chi connectivity index (χ2v) is 9.07. The number of nitrogens with two attached hydrogens (primary N) is 1. The molecule has 0 bridgehead atoms. The summed E-state index contributed by atoms with van der Waals surface area (Å²) in [5, 5.41) is 1.02. The van der Waals surface area contributed by atoms with Gasteiger partial charge in [-0.15, -0.1) is 0 Å². The molecule has 2 N–H and O–H groups in total. The van der Waals surface area contributed by atoms with Crippen molar-refractivity contribution in [3.05, 3.63) is 47.5 Å². The van der Waals surface area contributed by atoms with Gasteiger partial charge < -0.3 is 15.2 Å². The number of rotatable bonds is 4. The molecular formula is C26H34FN5O2. The predicted molar refractivity (Wildman–Crippen MR) is 132 cm³/mol. The fourth-order valence-electron chi connectivity index (χ4n) is 4.48. The minimum atomic E-state index is -0.489. The summed E-state index contributed by atoms with van der Waals surface area (Å²) < 4.78 is 24.8. The number of pyridine rings is 1. The highest BCUT2D eigenvalue weighted by Crippen LogP contribution is 2.32. The molecule has 2 aromatic heterocycles. The molecule has 182 valence electrons. The van der Waals surface area contributed by atoms with Crippen molar-refractivity contribution in [3.63, 3.8) is 0 Å². The molecule has 2 aliphatic rings. The van der Waals surface area contributed by atoms with Gasteiger partial charge in [-0.05, 0) is 48.4 Å². The Balaban J connectivity index is 0.000000398. The number of nitrogen functional groups attached to an aromatic ring is 1. The number of hydrogen-bond donors (Lipinski definition) is 1. The highest BCUT2D eigenvalue weighted by Gasteiger charge is 2.18. The van der Waals surface area contributed by atoms with Crippen LogP contribution in [0, 0.1) is 5.82 Å². The SMILES string of the molecule is C1CCOCC1.CC(C)c1c(CN2CCOCC2)cnc2ccc(-c3nc(N)ncc3F)cc12. The Morgan fingerprint density at radius 1 is 1.00 bits per heavy atom. The molecule has 2 fully saturated rings. The molecule has 4 heterocycles. The van der Waals surface area contributed by atoms with Crippen LogP contribution in [0.1, 0.15) is 50.2 Å². The molecule has 0 saturated carbocycles. The van der Waals surface area contributed by atoms with E-state index in [0.717, 1.165) is 63.2 Å². The Morgan fingerprint density at radius 2 is 1.74 bits per heavy atom. The Morgan fingerprint density at radius 3 is 2.38 bits per heavy atom. The zero-order valence-electron chi connectivity index (χ0n) is 20.1. The van der Waals surface area contributed by atoms with Gasteiger partial charge in [0.05, 0.1) is 24.9 Å². The predicted octanol–water partition coefficient (Wildman–Crippen LogP) is 4.56. The van der Waals surface area contributed by atoms with Gasteiger partial charge in [-0.2, -0.15) is 0 Å². The van der Waals surface area contributed by atoms with Crippen molar-refractivity contribution >= 4 is 16.9 Å². The van der Waals surface area contributed by atoms with Crippen molar-refractivity contribution in [2.45, 2.75) is 45.6 Å². The third-order valence-electron chi connectivity index (χ3n) is 6.18. The normalized spacial score (nSPS) is 16.9. The Hall–Kier alpha value is -2.68. The van der Waals surface area contributed by atoms with Crippen molar-refractivity contribution in [1.29, 1.82) is 0 Å². The lowest BCUT2D eigenvalue weighted by atomic mass is 9.92. The summed E-state index contributed by atoms with van der Waals surface area (Å²) in [5.41, 5.74) is 9.87. The first-order valence-corrected chi connectivity index (χ1v) is 12.1. The van der Waals surface area contributed by atoms with Gasteiger partial charge >= 0.3 is 0 Å². The van der Waals surface area contributed by atoms with Crippen molar-refractivity contribution < 1.29 is 13.9 Å². The van der Waals surface area contributed by atoms with Gasteiger partial charge in [0.25, 0.3) is 0 Å². The minimum Gasteiger partial charge on any atom is -0.381 e. The monoisotopic (exact) mass is 467 g/mol. The molecule has 2 saturated heterocycles. The van der Waals surface area contributed by atoms with E-state index in [4.69, 9.17) is 15.2 Å². The number of nitrogens with zero attached hydrogens (tertiary/aromatic N) is 4. The molecule has 0 aliphatic carbocycles. The van der Waals surface area contributed by atoms with Crippen molar-refractivity contribution in [2.24, 2.45) is 0 Å². The zero-order valence-corrected chi connectivity index (χ0v) is 20.1. The lowest BCUT2D eigenvalue weighted by molar-refractivity contribution is 0.0340. The number of anilines is 1. The molecule has 2 aliphatic heterocycles. The van der Waals surface area contributed by atoms with Gasteiger partial charge in [-0.25, -0.2) is 14.4 Å². The van der Waals surface area contributed by atoms with Crippen LogP contribution >= 0.6 is 0 Å². The smallest absolute Gasteiger partial charge is 0.220 e. The number of halogens is 1. The molecule has 34 heavy (non-hydrogen) atoms. The van der Waals surface area contributed by atoms with Crippen molar-refractivity contribution in [1.82, 2.24) is 19.9 Å². The maximum Gasteiger partial charge on any atom is 0.220 e. The summed E-state index contributed by atoms with van der Waals surface area (Å²) in [6.45, 7) is 10.5. The number of benzene rings is 1. The van der Waals surface area contributed by atoms with E-state index in [9.17, 15) is 4.39 Å². The summed E-state index contributed by atoms with van der Waals surface area (Å²) in [6, 6.07) is 5.70. The second kappa shape index (κ2) is 11.6. The van der Waals surface area contributed by atoms with Crippen LogP contribution in [0.3, 0.4) is 0 Å². The minimum absolute atomic E-state index is 0.0553. The summed E-state index contributed by atoms with van der Waals surface area (Å²) >= 11 is 0. The first kappa shape index (κ1) is 24.4. The molecule has 0 atom stereocenters. The average Bonchev–Trinajstić information content (AvgIpc) is 2.87. The highest BCUT2D eigenvalue weighted by molar-refractivity contribution is 5.88. The topological polar surface area (TPSA) is 86.4 Å². The standard InChI is InChI=1S/C21H24FN5O.C5H10O/c1-13(2)19-15(12-27-5-7-28-8-6-27)10-24-18-4-3-14(9-16(18)19)20-17(22)11-25-21(23)26-20;1-2-4-6-5-3-1/h3-4,9-11,13H,5-8,12H2,1-2H3,(H2,23,25,26);1-5H2. The van der Waals surface area contributed by atoms with E-state index in [-0.39, 0.29) is 11.6 Å². The maximum absolute atomic E-state index is 14.3. The van der Waals surface area contributed by atoms with E-state index in [1.807, 2.05) is 24.4 Å².